The van der Waals surface area contributed by atoms with Crippen molar-refractivity contribution in [2.45, 2.75) is 33.4 Å². The molecular formula is C20H23N3O. The third-order valence-electron chi connectivity index (χ3n) is 4.00. The normalized spacial score (nSPS) is 12.5. The maximum Gasteiger partial charge on any atom is 0.251 e. The number of nitrogens with zero attached hydrogens (tertiary/aromatic N) is 2. The smallest absolute Gasteiger partial charge is 0.251 e. The molecule has 0 radical (unpaired) electrons. The first-order chi connectivity index (χ1) is 11.6. The molecule has 1 heterocycles. The molecule has 0 saturated carbocycles. The Balaban J connectivity index is 1.91. The number of hydrogen-bond donors (Lipinski definition) is 1. The van der Waals surface area contributed by atoms with E-state index in [2.05, 4.69) is 29.8 Å². The van der Waals surface area contributed by atoms with Gasteiger partial charge in [-0.2, -0.15) is 0 Å². The zero-order valence-corrected chi connectivity index (χ0v) is 14.4. The Morgan fingerprint density at radius 2 is 1.71 bits per heavy atom. The highest BCUT2D eigenvalue weighted by Gasteiger charge is 2.19. The number of imidazole rings is 1. The summed E-state index contributed by atoms with van der Waals surface area (Å²) in [5, 5.41) is 3.06. The highest BCUT2D eigenvalue weighted by atomic mass is 16.1. The van der Waals surface area contributed by atoms with Crippen molar-refractivity contribution in [2.75, 3.05) is 0 Å². The molecule has 0 saturated heterocycles. The summed E-state index contributed by atoms with van der Waals surface area (Å²) in [5.41, 5.74) is 2.74. The van der Waals surface area contributed by atoms with Crippen LogP contribution in [0.25, 0.3) is 11.0 Å². The number of hydrogen-bond acceptors (Lipinski definition) is 2. The number of amides is 1. The Morgan fingerprint density at radius 3 is 2.42 bits per heavy atom. The van der Waals surface area contributed by atoms with Crippen molar-refractivity contribution in [1.82, 2.24) is 14.9 Å². The van der Waals surface area contributed by atoms with Gasteiger partial charge in [0, 0.05) is 12.1 Å². The highest BCUT2D eigenvalue weighted by Crippen LogP contribution is 2.22. The van der Waals surface area contributed by atoms with E-state index in [9.17, 15) is 4.79 Å². The van der Waals surface area contributed by atoms with E-state index >= 15 is 0 Å². The number of carbonyl (C=O) groups excluding carboxylic acids is 1. The largest absolute Gasteiger partial charge is 0.342 e. The summed E-state index contributed by atoms with van der Waals surface area (Å²) in [6.45, 7) is 7.23. The molecule has 1 atom stereocenters. The van der Waals surface area contributed by atoms with Gasteiger partial charge in [-0.15, -0.1) is 0 Å². The lowest BCUT2D eigenvalue weighted by molar-refractivity contribution is 0.0937. The van der Waals surface area contributed by atoms with Crippen LogP contribution in [0, 0.1) is 5.92 Å². The predicted molar refractivity (Wildman–Crippen MR) is 96.9 cm³/mol. The van der Waals surface area contributed by atoms with Crippen molar-refractivity contribution < 1.29 is 4.79 Å². The van der Waals surface area contributed by atoms with Gasteiger partial charge in [0.05, 0.1) is 17.1 Å². The Labute approximate surface area is 142 Å². The number of rotatable bonds is 5. The van der Waals surface area contributed by atoms with Gasteiger partial charge in [0.2, 0.25) is 0 Å². The summed E-state index contributed by atoms with van der Waals surface area (Å²) >= 11 is 0. The SMILES string of the molecule is CC(C)Cn1c([C@H](C)NC(=O)c2ccccc2)nc2ccccc21. The standard InChI is InChI=1S/C20H23N3O/c1-14(2)13-23-18-12-8-7-11-17(18)22-19(23)15(3)21-20(24)16-9-5-4-6-10-16/h4-12,14-15H,13H2,1-3H3,(H,21,24)/t15-/m0/s1. The van der Waals surface area contributed by atoms with E-state index in [1.54, 1.807) is 0 Å². The molecule has 0 fully saturated rings. The number of aromatic nitrogens is 2. The molecule has 0 unspecified atom stereocenters. The van der Waals surface area contributed by atoms with Crippen molar-refractivity contribution in [2.24, 2.45) is 5.92 Å². The first-order valence-electron chi connectivity index (χ1n) is 8.37. The molecule has 124 valence electrons. The molecule has 0 aliphatic heterocycles. The third-order valence-corrected chi connectivity index (χ3v) is 4.00. The lowest BCUT2D eigenvalue weighted by Crippen LogP contribution is -2.29. The summed E-state index contributed by atoms with van der Waals surface area (Å²) in [6, 6.07) is 17.2. The number of para-hydroxylation sites is 2. The van der Waals surface area contributed by atoms with Gasteiger partial charge in [-0.1, -0.05) is 44.2 Å². The molecule has 3 aromatic rings. The predicted octanol–water partition coefficient (Wildman–Crippen LogP) is 4.18. The molecule has 1 N–H and O–H groups in total. The summed E-state index contributed by atoms with van der Waals surface area (Å²) in [5.74, 6) is 1.32. The van der Waals surface area contributed by atoms with Crippen molar-refractivity contribution in [3.05, 3.63) is 66.0 Å². The maximum atomic E-state index is 12.4. The first-order valence-corrected chi connectivity index (χ1v) is 8.37. The minimum atomic E-state index is -0.163. The van der Waals surface area contributed by atoms with Gasteiger partial charge in [-0.05, 0) is 37.1 Å². The van der Waals surface area contributed by atoms with E-state index < -0.39 is 0 Å². The van der Waals surface area contributed by atoms with Crippen LogP contribution in [-0.4, -0.2) is 15.5 Å². The summed E-state index contributed by atoms with van der Waals surface area (Å²) < 4.78 is 2.22. The van der Waals surface area contributed by atoms with Crippen LogP contribution in [0.4, 0.5) is 0 Å². The van der Waals surface area contributed by atoms with Gasteiger partial charge in [-0.25, -0.2) is 4.98 Å². The molecule has 2 aromatic carbocycles. The van der Waals surface area contributed by atoms with Gasteiger partial charge >= 0.3 is 0 Å². The van der Waals surface area contributed by atoms with Crippen molar-refractivity contribution in [3.8, 4) is 0 Å². The zero-order valence-electron chi connectivity index (χ0n) is 14.4. The van der Waals surface area contributed by atoms with E-state index in [0.717, 1.165) is 23.4 Å². The van der Waals surface area contributed by atoms with Crippen LogP contribution >= 0.6 is 0 Å². The van der Waals surface area contributed by atoms with Crippen molar-refractivity contribution in [3.63, 3.8) is 0 Å². The minimum absolute atomic E-state index is 0.0775. The minimum Gasteiger partial charge on any atom is -0.342 e. The van der Waals surface area contributed by atoms with Crippen LogP contribution in [0.5, 0.6) is 0 Å². The third kappa shape index (κ3) is 3.32. The molecule has 3 rings (SSSR count). The zero-order chi connectivity index (χ0) is 17.1. The van der Waals surface area contributed by atoms with Crippen LogP contribution in [0.15, 0.2) is 54.6 Å². The van der Waals surface area contributed by atoms with Crippen LogP contribution in [-0.2, 0) is 6.54 Å². The highest BCUT2D eigenvalue weighted by molar-refractivity contribution is 5.94. The van der Waals surface area contributed by atoms with Crippen LogP contribution in [0.1, 0.15) is 43.0 Å². The average Bonchev–Trinajstić information content (AvgIpc) is 2.94. The summed E-state index contributed by atoms with van der Waals surface area (Å²) in [6.07, 6.45) is 0. The number of fused-ring (bicyclic) bond motifs is 1. The molecular weight excluding hydrogens is 298 g/mol. The van der Waals surface area contributed by atoms with E-state index in [4.69, 9.17) is 4.98 Å². The molecule has 0 aliphatic carbocycles. The topological polar surface area (TPSA) is 46.9 Å². The van der Waals surface area contributed by atoms with Crippen LogP contribution in [0.3, 0.4) is 0 Å². The Kier molecular flexibility index (Phi) is 4.65. The number of carbonyl (C=O) groups is 1. The molecule has 24 heavy (non-hydrogen) atoms. The Hall–Kier alpha value is -2.62. The van der Waals surface area contributed by atoms with Crippen LogP contribution in [0.2, 0.25) is 0 Å². The van der Waals surface area contributed by atoms with E-state index in [-0.39, 0.29) is 11.9 Å². The van der Waals surface area contributed by atoms with Crippen molar-refractivity contribution in [1.29, 1.82) is 0 Å². The van der Waals surface area contributed by atoms with Gasteiger partial charge in [0.1, 0.15) is 5.82 Å². The van der Waals surface area contributed by atoms with Gasteiger partial charge in [0.15, 0.2) is 0 Å². The van der Waals surface area contributed by atoms with Crippen molar-refractivity contribution >= 4 is 16.9 Å². The second-order valence-electron chi connectivity index (χ2n) is 6.52. The Morgan fingerprint density at radius 1 is 1.04 bits per heavy atom. The summed E-state index contributed by atoms with van der Waals surface area (Å²) in [4.78, 5) is 17.2. The number of nitrogens with one attached hydrogen (secondary N) is 1. The molecule has 1 aromatic heterocycles. The molecule has 0 aliphatic rings. The van der Waals surface area contributed by atoms with E-state index in [0.29, 0.717) is 11.5 Å². The quantitative estimate of drug-likeness (QED) is 0.766. The number of benzene rings is 2. The lowest BCUT2D eigenvalue weighted by Gasteiger charge is -2.17. The fraction of sp³-hybridized carbons (Fsp3) is 0.300. The van der Waals surface area contributed by atoms with E-state index in [1.165, 1.54) is 0 Å². The monoisotopic (exact) mass is 321 g/mol. The molecule has 1 amide bonds. The van der Waals surface area contributed by atoms with Gasteiger partial charge in [-0.3, -0.25) is 4.79 Å². The van der Waals surface area contributed by atoms with Gasteiger partial charge < -0.3 is 9.88 Å². The lowest BCUT2D eigenvalue weighted by atomic mass is 10.2. The molecule has 0 bridgehead atoms. The Bertz CT molecular complexity index is 836. The fourth-order valence-corrected chi connectivity index (χ4v) is 2.92. The fourth-order valence-electron chi connectivity index (χ4n) is 2.92. The average molecular weight is 321 g/mol. The van der Waals surface area contributed by atoms with Crippen LogP contribution < -0.4 is 5.32 Å². The second kappa shape index (κ2) is 6.87. The first kappa shape index (κ1) is 16.2. The second-order valence-corrected chi connectivity index (χ2v) is 6.52. The summed E-state index contributed by atoms with van der Waals surface area (Å²) in [7, 11) is 0. The molecule has 0 spiro atoms. The molecule has 4 nitrogen and oxygen atoms in total. The molecule has 4 heteroatoms. The maximum absolute atomic E-state index is 12.4. The van der Waals surface area contributed by atoms with Gasteiger partial charge in [0.25, 0.3) is 5.91 Å². The van der Waals surface area contributed by atoms with E-state index in [1.807, 2.05) is 55.5 Å².